The number of nitrogens with one attached hydrogen (secondary N) is 2. The molecular formula is C16H12N4OS2. The Morgan fingerprint density at radius 2 is 2.13 bits per heavy atom. The number of amides is 1. The summed E-state index contributed by atoms with van der Waals surface area (Å²) in [5, 5.41) is 12.7. The van der Waals surface area contributed by atoms with E-state index in [1.165, 1.54) is 0 Å². The number of carbonyl (C=O) groups excluding carboxylic acids is 1. The second kappa shape index (κ2) is 5.94. The summed E-state index contributed by atoms with van der Waals surface area (Å²) in [6.45, 7) is 0.402. The van der Waals surface area contributed by atoms with E-state index in [0.29, 0.717) is 12.2 Å². The van der Waals surface area contributed by atoms with Crippen LogP contribution < -0.4 is 5.32 Å². The van der Waals surface area contributed by atoms with E-state index in [1.54, 1.807) is 28.7 Å². The number of aromatic nitrogens is 3. The SMILES string of the molecule is O=C(NCc1nc2ccccc2s1)c1cc(-c2cccs2)[nH]n1. The van der Waals surface area contributed by atoms with Gasteiger partial charge < -0.3 is 5.32 Å². The quantitative estimate of drug-likeness (QED) is 0.595. The zero-order valence-electron chi connectivity index (χ0n) is 11.9. The summed E-state index contributed by atoms with van der Waals surface area (Å²) in [7, 11) is 0. The van der Waals surface area contributed by atoms with Crippen LogP contribution in [0.5, 0.6) is 0 Å². The molecule has 1 aromatic carbocycles. The number of rotatable bonds is 4. The number of fused-ring (bicyclic) bond motifs is 1. The molecule has 0 bridgehead atoms. The fraction of sp³-hybridized carbons (Fsp3) is 0.0625. The van der Waals surface area contributed by atoms with Gasteiger partial charge >= 0.3 is 0 Å². The standard InChI is InChI=1S/C16H12N4OS2/c21-16(12-8-11(19-20-12)13-6-3-7-22-13)17-9-15-18-10-4-1-2-5-14(10)23-15/h1-8H,9H2,(H,17,21)(H,19,20). The Morgan fingerprint density at radius 3 is 2.96 bits per heavy atom. The third-order valence-corrected chi connectivity index (χ3v) is 5.28. The molecule has 0 saturated heterocycles. The number of thiophene rings is 1. The molecule has 0 saturated carbocycles. The predicted molar refractivity (Wildman–Crippen MR) is 92.7 cm³/mol. The molecule has 0 aliphatic heterocycles. The Balaban J connectivity index is 1.45. The van der Waals surface area contributed by atoms with Crippen molar-refractivity contribution in [2.75, 3.05) is 0 Å². The molecule has 0 aliphatic rings. The van der Waals surface area contributed by atoms with Crippen molar-refractivity contribution in [3.63, 3.8) is 0 Å². The predicted octanol–water partition coefficient (Wildman–Crippen LogP) is 3.68. The van der Waals surface area contributed by atoms with Crippen molar-refractivity contribution >= 4 is 38.8 Å². The molecule has 0 fully saturated rings. The van der Waals surface area contributed by atoms with Crippen LogP contribution in [-0.4, -0.2) is 21.1 Å². The van der Waals surface area contributed by atoms with Crippen LogP contribution in [0, 0.1) is 0 Å². The highest BCUT2D eigenvalue weighted by molar-refractivity contribution is 7.18. The summed E-state index contributed by atoms with van der Waals surface area (Å²) < 4.78 is 1.12. The van der Waals surface area contributed by atoms with Gasteiger partial charge in [-0.15, -0.1) is 22.7 Å². The number of carbonyl (C=O) groups is 1. The van der Waals surface area contributed by atoms with Gasteiger partial charge in [0.2, 0.25) is 0 Å². The van der Waals surface area contributed by atoms with Crippen molar-refractivity contribution < 1.29 is 4.79 Å². The van der Waals surface area contributed by atoms with Gasteiger partial charge in [-0.1, -0.05) is 18.2 Å². The highest BCUT2D eigenvalue weighted by Gasteiger charge is 2.12. The molecule has 5 nitrogen and oxygen atoms in total. The fourth-order valence-corrected chi connectivity index (χ4v) is 3.84. The second-order valence-corrected chi connectivity index (χ2v) is 6.97. The topological polar surface area (TPSA) is 70.7 Å². The number of thiazole rings is 1. The lowest BCUT2D eigenvalue weighted by Gasteiger charge is -1.98. The molecule has 0 spiro atoms. The molecule has 7 heteroatoms. The summed E-state index contributed by atoms with van der Waals surface area (Å²) in [6, 6.07) is 13.7. The highest BCUT2D eigenvalue weighted by atomic mass is 32.1. The first-order chi connectivity index (χ1) is 11.3. The first kappa shape index (κ1) is 14.1. The number of hydrogen-bond acceptors (Lipinski definition) is 5. The van der Waals surface area contributed by atoms with Gasteiger partial charge in [-0.2, -0.15) is 5.10 Å². The molecule has 114 valence electrons. The lowest BCUT2D eigenvalue weighted by molar-refractivity contribution is 0.0946. The Kier molecular flexibility index (Phi) is 3.64. The number of hydrogen-bond donors (Lipinski definition) is 2. The van der Waals surface area contributed by atoms with E-state index in [1.807, 2.05) is 41.8 Å². The van der Waals surface area contributed by atoms with Crippen LogP contribution >= 0.6 is 22.7 Å². The molecular weight excluding hydrogens is 328 g/mol. The van der Waals surface area contributed by atoms with Crippen LogP contribution in [-0.2, 0) is 6.54 Å². The fourth-order valence-electron chi connectivity index (χ4n) is 2.24. The van der Waals surface area contributed by atoms with E-state index in [-0.39, 0.29) is 5.91 Å². The van der Waals surface area contributed by atoms with E-state index in [2.05, 4.69) is 20.5 Å². The monoisotopic (exact) mass is 340 g/mol. The minimum atomic E-state index is -0.205. The Hall–Kier alpha value is -2.51. The Bertz CT molecular complexity index is 922. The zero-order valence-corrected chi connectivity index (χ0v) is 13.6. The van der Waals surface area contributed by atoms with Crippen molar-refractivity contribution in [1.29, 1.82) is 0 Å². The van der Waals surface area contributed by atoms with E-state index in [0.717, 1.165) is 25.8 Å². The summed E-state index contributed by atoms with van der Waals surface area (Å²) in [6.07, 6.45) is 0. The normalized spacial score (nSPS) is 11.0. The van der Waals surface area contributed by atoms with Crippen LogP contribution in [0.15, 0.2) is 47.8 Å². The van der Waals surface area contributed by atoms with E-state index in [4.69, 9.17) is 0 Å². The maximum atomic E-state index is 12.2. The third-order valence-electron chi connectivity index (χ3n) is 3.34. The van der Waals surface area contributed by atoms with Crippen molar-refractivity contribution in [2.24, 2.45) is 0 Å². The molecule has 4 rings (SSSR count). The minimum absolute atomic E-state index is 0.205. The van der Waals surface area contributed by atoms with E-state index in [9.17, 15) is 4.79 Å². The first-order valence-corrected chi connectivity index (χ1v) is 8.71. The molecule has 0 atom stereocenters. The average Bonchev–Trinajstić information content (AvgIpc) is 3.31. The number of para-hydroxylation sites is 1. The smallest absolute Gasteiger partial charge is 0.272 e. The van der Waals surface area contributed by atoms with Gasteiger partial charge in [0.25, 0.3) is 5.91 Å². The zero-order chi connectivity index (χ0) is 15.6. The molecule has 2 N–H and O–H groups in total. The molecule has 3 aromatic heterocycles. The number of aromatic amines is 1. The third kappa shape index (κ3) is 2.88. The van der Waals surface area contributed by atoms with Crippen LogP contribution in [0.1, 0.15) is 15.5 Å². The van der Waals surface area contributed by atoms with Gasteiger partial charge in [0.15, 0.2) is 5.69 Å². The maximum absolute atomic E-state index is 12.2. The van der Waals surface area contributed by atoms with Gasteiger partial charge in [0.1, 0.15) is 5.01 Å². The molecule has 0 aliphatic carbocycles. The second-order valence-electron chi connectivity index (χ2n) is 4.90. The van der Waals surface area contributed by atoms with Crippen LogP contribution in [0.3, 0.4) is 0 Å². The van der Waals surface area contributed by atoms with Crippen molar-refractivity contribution in [3.8, 4) is 10.6 Å². The van der Waals surface area contributed by atoms with Crippen molar-refractivity contribution in [2.45, 2.75) is 6.54 Å². The first-order valence-electron chi connectivity index (χ1n) is 7.01. The molecule has 3 heterocycles. The summed E-state index contributed by atoms with van der Waals surface area (Å²) in [5.41, 5.74) is 2.20. The lowest BCUT2D eigenvalue weighted by Crippen LogP contribution is -2.23. The highest BCUT2D eigenvalue weighted by Crippen LogP contribution is 2.23. The molecule has 0 radical (unpaired) electrons. The van der Waals surface area contributed by atoms with Gasteiger partial charge in [-0.05, 0) is 29.6 Å². The summed E-state index contributed by atoms with van der Waals surface area (Å²) in [4.78, 5) is 17.8. The van der Waals surface area contributed by atoms with Gasteiger partial charge in [0.05, 0.1) is 27.3 Å². The molecule has 0 unspecified atom stereocenters. The van der Waals surface area contributed by atoms with Gasteiger partial charge in [-0.3, -0.25) is 9.89 Å². The Labute approximate surface area is 140 Å². The van der Waals surface area contributed by atoms with Crippen LogP contribution in [0.4, 0.5) is 0 Å². The largest absolute Gasteiger partial charge is 0.344 e. The van der Waals surface area contributed by atoms with Crippen molar-refractivity contribution in [1.82, 2.24) is 20.5 Å². The summed E-state index contributed by atoms with van der Waals surface area (Å²) >= 11 is 3.19. The number of H-pyrrole nitrogens is 1. The van der Waals surface area contributed by atoms with E-state index >= 15 is 0 Å². The maximum Gasteiger partial charge on any atom is 0.272 e. The molecule has 23 heavy (non-hydrogen) atoms. The van der Waals surface area contributed by atoms with Crippen molar-refractivity contribution in [3.05, 3.63) is 58.5 Å². The van der Waals surface area contributed by atoms with Gasteiger partial charge in [0, 0.05) is 0 Å². The lowest BCUT2D eigenvalue weighted by atomic mass is 10.3. The van der Waals surface area contributed by atoms with E-state index < -0.39 is 0 Å². The summed E-state index contributed by atoms with van der Waals surface area (Å²) in [5.74, 6) is -0.205. The van der Waals surface area contributed by atoms with Crippen LogP contribution in [0.25, 0.3) is 20.8 Å². The van der Waals surface area contributed by atoms with Crippen LogP contribution in [0.2, 0.25) is 0 Å². The van der Waals surface area contributed by atoms with Gasteiger partial charge in [-0.25, -0.2) is 4.98 Å². The minimum Gasteiger partial charge on any atom is -0.344 e. The molecule has 1 amide bonds. The number of benzene rings is 1. The number of nitrogens with zero attached hydrogens (tertiary/aromatic N) is 2. The average molecular weight is 340 g/mol. The Morgan fingerprint density at radius 1 is 1.22 bits per heavy atom. The molecule has 4 aromatic rings.